The van der Waals surface area contributed by atoms with Crippen molar-refractivity contribution in [2.24, 2.45) is 0 Å². The van der Waals surface area contributed by atoms with Crippen LogP contribution in [0.15, 0.2) is 84.9 Å². The molecule has 0 aliphatic rings. The molecule has 0 N–H and O–H groups in total. The molecule has 0 bridgehead atoms. The smallest absolute Gasteiger partial charge is 0 e. The van der Waals surface area contributed by atoms with Crippen molar-refractivity contribution in [2.75, 3.05) is 0 Å². The second kappa shape index (κ2) is 37.5. The van der Waals surface area contributed by atoms with Crippen molar-refractivity contribution in [1.29, 1.82) is 0 Å². The van der Waals surface area contributed by atoms with Crippen molar-refractivity contribution in [3.05, 3.63) is 177 Å². The van der Waals surface area contributed by atoms with E-state index in [-0.39, 0.29) is 196 Å². The molecule has 6 radical (unpaired) electrons. The number of hydrogen-bond acceptors (Lipinski definition) is 0. The molecular weight excluding hydrogens is 1010 g/mol. The molecule has 0 atom stereocenters. The van der Waals surface area contributed by atoms with Gasteiger partial charge >= 0.3 is 0 Å². The molecule has 0 spiro atoms. The molecule has 5 aromatic carbocycles. The molecule has 0 fully saturated rings. The van der Waals surface area contributed by atoms with Crippen LogP contribution in [-0.2, 0) is 196 Å². The van der Waals surface area contributed by atoms with Gasteiger partial charge in [0.15, 0.2) is 0 Å². The van der Waals surface area contributed by atoms with Crippen molar-refractivity contribution < 1.29 is 196 Å². The molecule has 0 unspecified atom stereocenters. The van der Waals surface area contributed by atoms with E-state index in [4.69, 9.17) is 0 Å². The minimum Gasteiger partial charge on any atom is -0.316 e. The number of rotatable bonds is 0. The summed E-state index contributed by atoms with van der Waals surface area (Å²) >= 11 is 0. The number of benzene rings is 5. The Labute approximate surface area is 434 Å². The largest absolute Gasteiger partial charge is 0.316 e. The fraction of sp³-hybridized carbons (Fsp3) is 0.250. The van der Waals surface area contributed by atoms with Crippen LogP contribution in [0.2, 0.25) is 0 Å². The number of aryl methyl sites for hydroxylation is 10. The molecule has 0 aromatic heterocycles. The molecule has 0 saturated carbocycles. The Bertz CT molecular complexity index is 1200. The first kappa shape index (κ1) is 60.8. The Morgan fingerprint density at radius 2 is 0.848 bits per heavy atom. The Kier molecular flexibility index (Phi) is 49.5. The topological polar surface area (TPSA) is 0 Å². The van der Waals surface area contributed by atoms with E-state index in [1.807, 2.05) is 82.3 Å². The number of hydrogen-bond donors (Lipinski definition) is 0. The molecule has 0 aliphatic heterocycles. The van der Waals surface area contributed by atoms with Crippen LogP contribution in [-0.4, -0.2) is 0 Å². The monoisotopic (exact) mass is 1060 g/mol. The Morgan fingerprint density at radius 1 is 0.326 bits per heavy atom. The third kappa shape index (κ3) is 33.8. The van der Waals surface area contributed by atoms with Gasteiger partial charge in [0.1, 0.15) is 0 Å². The van der Waals surface area contributed by atoms with Gasteiger partial charge in [-0.1, -0.05) is 55.4 Å². The zero-order valence-corrected chi connectivity index (χ0v) is 46.6. The minimum atomic E-state index is 0. The van der Waals surface area contributed by atoms with Crippen molar-refractivity contribution in [3.63, 3.8) is 0 Å². The van der Waals surface area contributed by atoms with E-state index in [1.54, 1.807) is 0 Å². The molecule has 5 aromatic rings. The summed E-state index contributed by atoms with van der Waals surface area (Å²) in [6.07, 6.45) is 0. The van der Waals surface area contributed by atoms with Gasteiger partial charge in [0.2, 0.25) is 0 Å². The summed E-state index contributed by atoms with van der Waals surface area (Å²) in [5.41, 5.74) is 12.5. The van der Waals surface area contributed by atoms with Crippen LogP contribution in [0.1, 0.15) is 55.6 Å². The third-order valence-corrected chi connectivity index (χ3v) is 5.69. The van der Waals surface area contributed by atoms with E-state index in [9.17, 15) is 0 Å². The van der Waals surface area contributed by atoms with Crippen LogP contribution in [0.5, 0.6) is 0 Å². The van der Waals surface area contributed by atoms with Gasteiger partial charge in [-0.15, -0.1) is 13.8 Å². The summed E-state index contributed by atoms with van der Waals surface area (Å²) in [4.78, 5) is 0. The van der Waals surface area contributed by atoms with E-state index < -0.39 is 0 Å². The molecule has 5 rings (SSSR count). The fourth-order valence-electron chi connectivity index (χ4n) is 3.18. The van der Waals surface area contributed by atoms with E-state index in [1.165, 1.54) is 44.5 Å². The van der Waals surface area contributed by atoms with E-state index in [0.717, 1.165) is 11.1 Å². The predicted molar refractivity (Wildman–Crippen MR) is 173 cm³/mol. The summed E-state index contributed by atoms with van der Waals surface area (Å²) in [6, 6.07) is 46.6. The van der Waals surface area contributed by atoms with Crippen LogP contribution in [0.3, 0.4) is 0 Å². The summed E-state index contributed by atoms with van der Waals surface area (Å²) in [7, 11) is 0. The van der Waals surface area contributed by atoms with Crippen molar-refractivity contribution in [2.45, 2.75) is 69.2 Å². The molecule has 46 heavy (non-hydrogen) atoms. The average Bonchev–Trinajstić information content (AvgIpc) is 2.91. The second-order valence-electron chi connectivity index (χ2n) is 10.1. The first-order valence-electron chi connectivity index (χ1n) is 13.6. The van der Waals surface area contributed by atoms with Crippen LogP contribution in [0.25, 0.3) is 0 Å². The van der Waals surface area contributed by atoms with Crippen LogP contribution in [0.4, 0.5) is 0 Å². The van der Waals surface area contributed by atoms with E-state index in [0.29, 0.717) is 0 Å². The van der Waals surface area contributed by atoms with Crippen molar-refractivity contribution in [3.8, 4) is 0 Å². The molecule has 0 aliphatic carbocycles. The van der Waals surface area contributed by atoms with Crippen LogP contribution < -0.4 is 0 Å². The molecule has 0 saturated heterocycles. The first-order valence-corrected chi connectivity index (χ1v) is 13.6. The fourth-order valence-corrected chi connectivity index (χ4v) is 3.18. The van der Waals surface area contributed by atoms with Gasteiger partial charge in [-0.2, -0.15) is 142 Å². The quantitative estimate of drug-likeness (QED) is 0.136. The van der Waals surface area contributed by atoms with Crippen LogP contribution >= 0.6 is 0 Å². The molecule has 0 heterocycles. The predicted octanol–water partition coefficient (Wildman–Crippen LogP) is 10.3. The van der Waals surface area contributed by atoms with Gasteiger partial charge in [0.25, 0.3) is 0 Å². The molecule has 228 valence electrons. The normalized spacial score (nSPS) is 8.04. The molecule has 0 nitrogen and oxygen atoms in total. The van der Waals surface area contributed by atoms with Gasteiger partial charge < -0.3 is 12.1 Å². The van der Waals surface area contributed by atoms with Crippen molar-refractivity contribution in [1.82, 2.24) is 0 Å². The Hall–Kier alpha value is 2.72. The van der Waals surface area contributed by atoms with E-state index >= 15 is 0 Å². The molecular formula is C40H44Y6-6. The first-order chi connectivity index (χ1) is 19.0. The molecule has 6 heteroatoms. The van der Waals surface area contributed by atoms with Gasteiger partial charge in [0.05, 0.1) is 0 Å². The van der Waals surface area contributed by atoms with Gasteiger partial charge in [-0.3, -0.25) is 23.3 Å². The third-order valence-electron chi connectivity index (χ3n) is 5.69. The summed E-state index contributed by atoms with van der Waals surface area (Å²) in [6.45, 7) is 20.6. The summed E-state index contributed by atoms with van der Waals surface area (Å²) in [5, 5.41) is 0. The summed E-state index contributed by atoms with van der Waals surface area (Å²) in [5.74, 6) is 0. The maximum Gasteiger partial charge on any atom is 0 e. The maximum atomic E-state index is 3.10. The second-order valence-corrected chi connectivity index (χ2v) is 10.1. The van der Waals surface area contributed by atoms with Gasteiger partial charge in [0, 0.05) is 196 Å². The van der Waals surface area contributed by atoms with Crippen LogP contribution in [0, 0.1) is 106 Å². The van der Waals surface area contributed by atoms with Gasteiger partial charge in [-0.05, 0) is 0 Å². The van der Waals surface area contributed by atoms with E-state index in [2.05, 4.69) is 108 Å². The SMILES string of the molecule is Cc1[c-]cc(C)[c-]c1.Cc1[c-]cc(C)cc1.Cc1[c-]ccc(C)c1.Cc1c[c-]cc(C)c1.Cc1c[c-]ccc1C.[Y].[Y].[Y].[Y].[Y].[Y]. The maximum absolute atomic E-state index is 3.10. The summed E-state index contributed by atoms with van der Waals surface area (Å²) < 4.78 is 0. The van der Waals surface area contributed by atoms with Gasteiger partial charge in [-0.25, -0.2) is 0 Å². The van der Waals surface area contributed by atoms with Crippen molar-refractivity contribution >= 4 is 0 Å². The zero-order chi connectivity index (χ0) is 29.9. The Morgan fingerprint density at radius 3 is 1.13 bits per heavy atom. The zero-order valence-electron chi connectivity index (χ0n) is 29.5. The standard InChI is InChI=1S/C8H9.C8H8.3C8H9.6Y/c2*1-7-3-5-8(2)6-4-7;2*1-7-4-3-5-8(2)6-7;1-7-5-3-4-6-8(7)2;;;;;;/h3-5H,1-2H3;3,6H,1-2H3;4-6H,1-2H3;3-4,6H,1-2H3;3,5-6H,1-2H3;;;;;;/q-1;-2;3*-1;;;;;;. The minimum absolute atomic E-state index is 0. The Balaban J connectivity index is -0.000000105. The average molecular weight is 1060 g/mol. The molecule has 0 amide bonds.